The van der Waals surface area contributed by atoms with Crippen molar-refractivity contribution < 1.29 is 14.3 Å². The first kappa shape index (κ1) is 31.3. The fourth-order valence-electron chi connectivity index (χ4n) is 2.95. The second-order valence-electron chi connectivity index (χ2n) is 9.36. The van der Waals surface area contributed by atoms with Gasteiger partial charge in [-0.05, 0) is 36.8 Å². The number of morpholine rings is 1. The second kappa shape index (κ2) is 15.4. The second-order valence-corrected chi connectivity index (χ2v) is 12.1. The zero-order chi connectivity index (χ0) is 26.6. The van der Waals surface area contributed by atoms with Gasteiger partial charge in [0.25, 0.3) is 0 Å². The van der Waals surface area contributed by atoms with Crippen molar-refractivity contribution in [3.05, 3.63) is 70.2 Å². The number of halogens is 2. The molecule has 0 aromatic heterocycles. The Morgan fingerprint density at radius 3 is 2.03 bits per heavy atom. The fraction of sp³-hybridized carbons (Fsp3) is 0.481. The molecule has 1 aliphatic heterocycles. The lowest BCUT2D eigenvalue weighted by atomic mass is 10.0. The summed E-state index contributed by atoms with van der Waals surface area (Å²) < 4.78 is 5.67. The Hall–Kier alpha value is -1.73. The third kappa shape index (κ3) is 12.7. The van der Waals surface area contributed by atoms with E-state index < -0.39 is 0 Å². The van der Waals surface area contributed by atoms with Crippen LogP contribution in [0.5, 0.6) is 0 Å². The molecular weight excluding hydrogens is 503 g/mol. The molecule has 0 bridgehead atoms. The average molecular weight is 542 g/mol. The highest BCUT2D eigenvalue weighted by molar-refractivity contribution is 8.00. The van der Waals surface area contributed by atoms with E-state index in [1.807, 2.05) is 71.3 Å². The summed E-state index contributed by atoms with van der Waals surface area (Å²) in [4.78, 5) is 26.0. The predicted octanol–water partition coefficient (Wildman–Crippen LogP) is 6.59. The van der Waals surface area contributed by atoms with E-state index in [4.69, 9.17) is 27.9 Å². The largest absolute Gasteiger partial charge is 0.369 e. The van der Waals surface area contributed by atoms with E-state index in [-0.39, 0.29) is 35.3 Å². The van der Waals surface area contributed by atoms with Gasteiger partial charge in [0, 0.05) is 47.6 Å². The quantitative estimate of drug-likeness (QED) is 0.438. The van der Waals surface area contributed by atoms with Gasteiger partial charge in [0.05, 0.1) is 12.6 Å². The van der Waals surface area contributed by atoms with Gasteiger partial charge in [-0.1, -0.05) is 74.3 Å². The minimum Gasteiger partial charge on any atom is -0.369 e. The third-order valence-electron chi connectivity index (χ3n) is 4.98. The van der Waals surface area contributed by atoms with Crippen molar-refractivity contribution in [2.45, 2.75) is 51.4 Å². The Kier molecular flexibility index (Phi) is 13.8. The van der Waals surface area contributed by atoms with Crippen LogP contribution in [0.3, 0.4) is 0 Å². The lowest BCUT2D eigenvalue weighted by molar-refractivity contribution is -0.151. The van der Waals surface area contributed by atoms with Crippen LogP contribution in [0.25, 0.3) is 0 Å². The molecule has 5 nitrogen and oxygen atoms in total. The highest BCUT2D eigenvalue weighted by Gasteiger charge is 2.33. The van der Waals surface area contributed by atoms with Crippen LogP contribution in [0.2, 0.25) is 10.0 Å². The lowest BCUT2D eigenvalue weighted by Crippen LogP contribution is -2.49. The molecule has 0 aliphatic carbocycles. The van der Waals surface area contributed by atoms with E-state index >= 15 is 0 Å². The van der Waals surface area contributed by atoms with Crippen LogP contribution in [-0.2, 0) is 14.3 Å². The predicted molar refractivity (Wildman–Crippen MR) is 149 cm³/mol. The molecule has 0 spiro atoms. The highest BCUT2D eigenvalue weighted by atomic mass is 35.5. The summed E-state index contributed by atoms with van der Waals surface area (Å²) in [6.45, 7) is 10.9. The zero-order valence-corrected chi connectivity index (χ0v) is 24.1. The third-order valence-corrected chi connectivity index (χ3v) is 6.99. The first-order chi connectivity index (χ1) is 16.3. The van der Waals surface area contributed by atoms with Gasteiger partial charge >= 0.3 is 0 Å². The number of hydrogen-bond donors (Lipinski definition) is 0. The number of rotatable bonds is 4. The lowest BCUT2D eigenvalue weighted by Gasteiger charge is -2.40. The molecule has 1 saturated heterocycles. The summed E-state index contributed by atoms with van der Waals surface area (Å²) in [6, 6.07) is 17.3. The minimum absolute atomic E-state index is 0.0333. The number of carbonyl (C=O) groups excluding carboxylic acids is 2. The molecule has 2 amide bonds. The van der Waals surface area contributed by atoms with Crippen LogP contribution < -0.4 is 0 Å². The van der Waals surface area contributed by atoms with Gasteiger partial charge in [-0.15, -0.1) is 0 Å². The number of ether oxygens (including phenoxy) is 1. The smallest absolute Gasteiger partial charge is 0.249 e. The van der Waals surface area contributed by atoms with Crippen LogP contribution in [0.4, 0.5) is 0 Å². The molecule has 2 aromatic carbocycles. The van der Waals surface area contributed by atoms with E-state index in [9.17, 15) is 9.59 Å². The summed E-state index contributed by atoms with van der Waals surface area (Å²) in [6.07, 6.45) is 0. The molecule has 2 atom stereocenters. The summed E-state index contributed by atoms with van der Waals surface area (Å²) in [7, 11) is 3.45. The summed E-state index contributed by atoms with van der Waals surface area (Å²) in [5.41, 5.74) is 1.07. The number of nitrogens with zero attached hydrogens (tertiary/aromatic N) is 2. The molecule has 2 aromatic rings. The van der Waals surface area contributed by atoms with Crippen molar-refractivity contribution >= 4 is 46.8 Å². The summed E-state index contributed by atoms with van der Waals surface area (Å²) in [5, 5.41) is 1.50. The first-order valence-electron chi connectivity index (χ1n) is 11.5. The Morgan fingerprint density at radius 1 is 1.09 bits per heavy atom. The number of carbonyl (C=O) groups is 2. The van der Waals surface area contributed by atoms with Gasteiger partial charge in [-0.2, -0.15) is 11.8 Å². The normalized spacial score (nSPS) is 16.3. The maximum atomic E-state index is 12.4. The van der Waals surface area contributed by atoms with E-state index in [2.05, 4.69) is 27.7 Å². The van der Waals surface area contributed by atoms with Crippen LogP contribution in [0, 0.1) is 0 Å². The van der Waals surface area contributed by atoms with Gasteiger partial charge in [-0.3, -0.25) is 9.59 Å². The molecule has 35 heavy (non-hydrogen) atoms. The number of hydrogen-bond acceptors (Lipinski definition) is 4. The van der Waals surface area contributed by atoms with Crippen LogP contribution in [-0.4, -0.2) is 65.5 Å². The molecule has 0 saturated carbocycles. The molecule has 0 radical (unpaired) electrons. The van der Waals surface area contributed by atoms with Gasteiger partial charge in [0.2, 0.25) is 11.8 Å². The van der Waals surface area contributed by atoms with E-state index in [1.54, 1.807) is 14.1 Å². The number of amides is 2. The van der Waals surface area contributed by atoms with Crippen molar-refractivity contribution in [1.82, 2.24) is 9.80 Å². The van der Waals surface area contributed by atoms with Gasteiger partial charge in [0.1, 0.15) is 6.61 Å². The van der Waals surface area contributed by atoms with Gasteiger partial charge in [-0.25, -0.2) is 0 Å². The van der Waals surface area contributed by atoms with Crippen LogP contribution in [0.1, 0.15) is 46.2 Å². The van der Waals surface area contributed by atoms with Crippen molar-refractivity contribution in [2.75, 3.05) is 33.1 Å². The molecule has 0 N–H and O–H groups in total. The van der Waals surface area contributed by atoms with Crippen molar-refractivity contribution in [3.8, 4) is 0 Å². The fourth-order valence-corrected chi connectivity index (χ4v) is 4.12. The Morgan fingerprint density at radius 2 is 1.60 bits per heavy atom. The Bertz CT molecular complexity index is 903. The van der Waals surface area contributed by atoms with Crippen LogP contribution in [0.15, 0.2) is 54.6 Å². The molecule has 1 fully saturated rings. The average Bonchev–Trinajstić information content (AvgIpc) is 2.79. The molecule has 1 aliphatic rings. The SMILES string of the molecule is CC(=O)N(C)C.CC(CSC(C)(C)C)N1C(=O)COCC1c1ccc(Cl)cc1.Clc1ccccc1. The molecule has 194 valence electrons. The van der Waals surface area contributed by atoms with Crippen molar-refractivity contribution in [3.63, 3.8) is 0 Å². The number of benzene rings is 2. The monoisotopic (exact) mass is 540 g/mol. The Labute approximate surface area is 225 Å². The van der Waals surface area contributed by atoms with Crippen molar-refractivity contribution in [2.24, 2.45) is 0 Å². The van der Waals surface area contributed by atoms with Crippen LogP contribution >= 0.6 is 35.0 Å². The summed E-state index contributed by atoms with van der Waals surface area (Å²) >= 11 is 13.4. The standard InChI is InChI=1S/C17H24ClNO2S.C6H5Cl.C4H9NO/c1-12(11-22-17(2,3)4)19-15(9-21-10-16(19)20)13-5-7-14(18)8-6-13;7-6-4-2-1-3-5-6;1-4(6)5(2)3/h5-8,12,15H,9-11H2,1-4H3;1-5H;1-3H3. The first-order valence-corrected chi connectivity index (χ1v) is 13.2. The summed E-state index contributed by atoms with van der Waals surface area (Å²) in [5.74, 6) is 1.07. The zero-order valence-electron chi connectivity index (χ0n) is 21.8. The Balaban J connectivity index is 0.000000384. The van der Waals surface area contributed by atoms with Gasteiger partial charge in [0.15, 0.2) is 0 Å². The van der Waals surface area contributed by atoms with Crippen molar-refractivity contribution in [1.29, 1.82) is 0 Å². The highest BCUT2D eigenvalue weighted by Crippen LogP contribution is 2.31. The maximum absolute atomic E-state index is 12.4. The molecular formula is C27H38Cl2N2O3S. The maximum Gasteiger partial charge on any atom is 0.249 e. The minimum atomic E-state index is -0.0333. The van der Waals surface area contributed by atoms with E-state index in [0.29, 0.717) is 11.6 Å². The van der Waals surface area contributed by atoms with E-state index in [1.165, 1.54) is 11.8 Å². The molecule has 1 heterocycles. The number of thioether (sulfide) groups is 1. The topological polar surface area (TPSA) is 49.9 Å². The van der Waals surface area contributed by atoms with E-state index in [0.717, 1.165) is 16.3 Å². The molecule has 2 unspecified atom stereocenters. The van der Waals surface area contributed by atoms with Gasteiger partial charge < -0.3 is 14.5 Å². The molecule has 8 heteroatoms. The molecule has 3 rings (SSSR count).